The number of esters is 1. The fourth-order valence-corrected chi connectivity index (χ4v) is 8.96. The van der Waals surface area contributed by atoms with Crippen molar-refractivity contribution in [2.45, 2.75) is 104 Å². The first kappa shape index (κ1) is 24.3. The monoisotopic (exact) mass is 468 g/mol. The van der Waals surface area contributed by atoms with Gasteiger partial charge in [0.05, 0.1) is 0 Å². The van der Waals surface area contributed by atoms with Crippen LogP contribution in [0.3, 0.4) is 0 Å². The van der Waals surface area contributed by atoms with E-state index in [1.54, 1.807) is 0 Å². The van der Waals surface area contributed by atoms with E-state index in [9.17, 15) is 4.79 Å². The van der Waals surface area contributed by atoms with Gasteiger partial charge in [-0.3, -0.25) is 4.79 Å². The summed E-state index contributed by atoms with van der Waals surface area (Å²) in [7, 11) is 0. The van der Waals surface area contributed by atoms with E-state index < -0.39 is 5.60 Å². The first-order chi connectivity index (χ1) is 16.0. The van der Waals surface area contributed by atoms with E-state index in [0.717, 1.165) is 12.8 Å². The van der Waals surface area contributed by atoms with Gasteiger partial charge in [-0.2, -0.15) is 0 Å². The number of fused-ring (bicyclic) bond motifs is 2. The van der Waals surface area contributed by atoms with Crippen LogP contribution in [0, 0.1) is 40.4 Å². The lowest BCUT2D eigenvalue weighted by Gasteiger charge is -2.69. The Morgan fingerprint density at radius 1 is 1.03 bits per heavy atom. The van der Waals surface area contributed by atoms with Crippen LogP contribution in [0.25, 0.3) is 0 Å². The molecule has 4 aliphatic carbocycles. The van der Waals surface area contributed by atoms with Crippen LogP contribution >= 0.6 is 0 Å². The average Bonchev–Trinajstić information content (AvgIpc) is 3.14. The number of ether oxygens (including phenoxy) is 1. The molecule has 0 unspecified atom stereocenters. The summed E-state index contributed by atoms with van der Waals surface area (Å²) in [6.07, 6.45) is 16.9. The summed E-state index contributed by atoms with van der Waals surface area (Å²) < 4.78 is 5.62. The zero-order valence-electron chi connectivity index (χ0n) is 22.1. The molecule has 0 aromatic heterocycles. The number of carbonyl (C=O) groups is 1. The minimum absolute atomic E-state index is 0.0124. The molecule has 4 nitrogen and oxygen atoms in total. The Hall–Kier alpha value is -1.39. The van der Waals surface area contributed by atoms with Gasteiger partial charge in [-0.25, -0.2) is 9.78 Å². The zero-order chi connectivity index (χ0) is 24.5. The van der Waals surface area contributed by atoms with Crippen molar-refractivity contribution in [2.24, 2.45) is 40.4 Å². The third kappa shape index (κ3) is 3.27. The van der Waals surface area contributed by atoms with Crippen LogP contribution in [0.2, 0.25) is 0 Å². The molecule has 2 aliphatic heterocycles. The number of hydrogen-bond donors (Lipinski definition) is 0. The second-order valence-corrected chi connectivity index (χ2v) is 12.8. The summed E-state index contributed by atoms with van der Waals surface area (Å²) in [5, 5.41) is 0. The van der Waals surface area contributed by atoms with Crippen molar-refractivity contribution in [3.05, 3.63) is 36.5 Å². The predicted octanol–water partition coefficient (Wildman–Crippen LogP) is 6.96. The van der Waals surface area contributed by atoms with Gasteiger partial charge in [-0.05, 0) is 74.7 Å². The maximum Gasteiger partial charge on any atom is 0.302 e. The predicted molar refractivity (Wildman–Crippen MR) is 134 cm³/mol. The van der Waals surface area contributed by atoms with E-state index in [4.69, 9.17) is 14.5 Å². The van der Waals surface area contributed by atoms with Crippen LogP contribution in [-0.2, 0) is 19.3 Å². The van der Waals surface area contributed by atoms with Crippen LogP contribution in [-0.4, -0.2) is 23.3 Å². The van der Waals surface area contributed by atoms with Crippen LogP contribution in [0.1, 0.15) is 86.5 Å². The van der Waals surface area contributed by atoms with Crippen LogP contribution in [0.5, 0.6) is 0 Å². The molecule has 2 heterocycles. The molecule has 4 heteroatoms. The normalized spacial score (nSPS) is 48.6. The smallest absolute Gasteiger partial charge is 0.302 e. The quantitative estimate of drug-likeness (QED) is 0.248. The Bertz CT molecular complexity index is 921. The summed E-state index contributed by atoms with van der Waals surface area (Å²) >= 11 is 0. The molecule has 2 spiro atoms. The van der Waals surface area contributed by atoms with E-state index in [1.807, 2.05) is 0 Å². The van der Waals surface area contributed by atoms with Gasteiger partial charge >= 0.3 is 5.97 Å². The lowest BCUT2D eigenvalue weighted by atomic mass is 9.42. The molecule has 0 aromatic rings. The molecule has 1 saturated heterocycles. The molecule has 2 bridgehead atoms. The lowest BCUT2D eigenvalue weighted by molar-refractivity contribution is -0.497. The van der Waals surface area contributed by atoms with Gasteiger partial charge in [0.1, 0.15) is 17.3 Å². The van der Waals surface area contributed by atoms with Crippen LogP contribution < -0.4 is 0 Å². The molecule has 6 rings (SSSR count). The first-order valence-electron chi connectivity index (χ1n) is 13.6. The molecule has 3 saturated carbocycles. The van der Waals surface area contributed by atoms with Crippen molar-refractivity contribution in [1.29, 1.82) is 0 Å². The Morgan fingerprint density at radius 3 is 2.44 bits per heavy atom. The van der Waals surface area contributed by atoms with Crippen molar-refractivity contribution < 1.29 is 19.3 Å². The van der Waals surface area contributed by atoms with Gasteiger partial charge in [0.15, 0.2) is 0 Å². The summed E-state index contributed by atoms with van der Waals surface area (Å²) in [5.74, 6) is 2.32. The highest BCUT2D eigenvalue weighted by atomic mass is 17.2. The lowest BCUT2D eigenvalue weighted by Crippen LogP contribution is -2.73. The van der Waals surface area contributed by atoms with E-state index in [1.165, 1.54) is 38.2 Å². The molecule has 6 aliphatic rings. The Balaban J connectivity index is 1.43. The molecule has 188 valence electrons. The average molecular weight is 469 g/mol. The molecule has 34 heavy (non-hydrogen) atoms. The molecule has 4 fully saturated rings. The molecule has 0 aromatic carbocycles. The molecule has 10 atom stereocenters. The van der Waals surface area contributed by atoms with Gasteiger partial charge < -0.3 is 4.74 Å². The van der Waals surface area contributed by atoms with Crippen molar-refractivity contribution in [3.8, 4) is 0 Å². The Morgan fingerprint density at radius 2 is 1.79 bits per heavy atom. The fraction of sp³-hybridized carbons (Fsp3) is 0.767. The molecular formula is C30H44O4. The first-order valence-corrected chi connectivity index (χ1v) is 13.6. The van der Waals surface area contributed by atoms with E-state index in [2.05, 4.69) is 65.5 Å². The number of carbonyl (C=O) groups excluding carboxylic acids is 1. The van der Waals surface area contributed by atoms with Gasteiger partial charge in [0.2, 0.25) is 0 Å². The Kier molecular flexibility index (Phi) is 5.76. The van der Waals surface area contributed by atoms with E-state index in [-0.39, 0.29) is 28.5 Å². The van der Waals surface area contributed by atoms with Crippen LogP contribution in [0.15, 0.2) is 36.5 Å². The SMILES string of the molecule is C=C(C)[C@@H](C)/C=C/[C@@H](C)[C@H]1CC[C@@H]2[C@]1(C)CC[C@H]1[C@]23C=C[C@]2(C[C@@H](OC(C)=O)CC[C@]12C)OO3. The minimum Gasteiger partial charge on any atom is -0.462 e. The van der Waals surface area contributed by atoms with Gasteiger partial charge in [0, 0.05) is 30.6 Å². The second-order valence-electron chi connectivity index (χ2n) is 12.8. The fourth-order valence-electron chi connectivity index (χ4n) is 8.96. The Labute approximate surface area is 206 Å². The van der Waals surface area contributed by atoms with Crippen LogP contribution in [0.4, 0.5) is 0 Å². The number of hydrogen-bond acceptors (Lipinski definition) is 4. The maximum absolute atomic E-state index is 11.6. The highest BCUT2D eigenvalue weighted by Crippen LogP contribution is 2.72. The summed E-state index contributed by atoms with van der Waals surface area (Å²) in [6, 6.07) is 0. The van der Waals surface area contributed by atoms with Gasteiger partial charge in [0.25, 0.3) is 0 Å². The third-order valence-corrected chi connectivity index (χ3v) is 11.1. The topological polar surface area (TPSA) is 44.8 Å². The number of rotatable bonds is 5. The zero-order valence-corrected chi connectivity index (χ0v) is 22.1. The minimum atomic E-state index is -0.488. The summed E-state index contributed by atoms with van der Waals surface area (Å²) in [6.45, 7) is 17.3. The van der Waals surface area contributed by atoms with Crippen molar-refractivity contribution >= 4 is 5.97 Å². The largest absolute Gasteiger partial charge is 0.462 e. The standard InChI is InChI=1S/C30H44O4/c1-19(2)20(3)8-9-21(4)24-10-11-25-27(24,6)14-13-26-28(7)15-12-23(32-22(5)31)18-29(28)16-17-30(25,26)34-33-29/h8-9,16-17,20-21,23-26H,1,10-15,18H2,2-7H3/b9-8+/t20-,21+,23-,24+,25+,26+,27+,28+,29+,30-/m0/s1. The molecule has 0 radical (unpaired) electrons. The third-order valence-electron chi connectivity index (χ3n) is 11.1. The van der Waals surface area contributed by atoms with Crippen molar-refractivity contribution in [3.63, 3.8) is 0 Å². The van der Waals surface area contributed by atoms with Gasteiger partial charge in [-0.15, -0.1) is 0 Å². The highest BCUT2D eigenvalue weighted by molar-refractivity contribution is 5.66. The summed E-state index contributed by atoms with van der Waals surface area (Å²) in [5.41, 5.74) is 0.652. The van der Waals surface area contributed by atoms with Gasteiger partial charge in [-0.1, -0.05) is 58.1 Å². The molecular weight excluding hydrogens is 424 g/mol. The maximum atomic E-state index is 11.6. The molecule has 0 amide bonds. The highest BCUT2D eigenvalue weighted by Gasteiger charge is 2.74. The van der Waals surface area contributed by atoms with Crippen molar-refractivity contribution in [2.75, 3.05) is 0 Å². The summed E-state index contributed by atoms with van der Waals surface area (Å²) in [4.78, 5) is 24.5. The van der Waals surface area contributed by atoms with E-state index >= 15 is 0 Å². The second kappa shape index (κ2) is 8.06. The van der Waals surface area contributed by atoms with E-state index in [0.29, 0.717) is 36.0 Å². The number of allylic oxidation sites excluding steroid dienone is 3. The molecule has 0 N–H and O–H groups in total. The van der Waals surface area contributed by atoms with Crippen molar-refractivity contribution in [1.82, 2.24) is 0 Å².